The van der Waals surface area contributed by atoms with Crippen molar-refractivity contribution in [1.82, 2.24) is 4.98 Å². The van der Waals surface area contributed by atoms with Crippen LogP contribution in [0.3, 0.4) is 0 Å². The third-order valence-corrected chi connectivity index (χ3v) is 2.87. The van der Waals surface area contributed by atoms with Crippen molar-refractivity contribution >= 4 is 22.4 Å². The number of hydrogen-bond acceptors (Lipinski definition) is 4. The first-order valence-corrected chi connectivity index (χ1v) is 5.96. The van der Waals surface area contributed by atoms with Crippen molar-refractivity contribution in [1.29, 1.82) is 0 Å². The molecule has 1 aromatic carbocycles. The van der Waals surface area contributed by atoms with Gasteiger partial charge in [-0.3, -0.25) is 10.1 Å². The standard InChI is InChI=1S/C12H12N2O2S/c1-16-8-9-2-4-10(5-3-9)11(15)14-12-13-6-7-17-12/h2-7H,8H2,1H3,(H,13,14,15). The average Bonchev–Trinajstić information content (AvgIpc) is 2.83. The fourth-order valence-electron chi connectivity index (χ4n) is 1.37. The van der Waals surface area contributed by atoms with Gasteiger partial charge < -0.3 is 4.74 Å². The van der Waals surface area contributed by atoms with E-state index in [4.69, 9.17) is 4.74 Å². The van der Waals surface area contributed by atoms with Gasteiger partial charge in [-0.15, -0.1) is 11.3 Å². The lowest BCUT2D eigenvalue weighted by atomic mass is 10.1. The normalized spacial score (nSPS) is 10.2. The van der Waals surface area contributed by atoms with Gasteiger partial charge in [0.25, 0.3) is 5.91 Å². The molecule has 88 valence electrons. The van der Waals surface area contributed by atoms with E-state index in [0.29, 0.717) is 17.3 Å². The first-order valence-electron chi connectivity index (χ1n) is 5.08. The van der Waals surface area contributed by atoms with Crippen molar-refractivity contribution in [2.24, 2.45) is 0 Å². The molecule has 0 aliphatic rings. The number of carbonyl (C=O) groups excluding carboxylic acids is 1. The van der Waals surface area contributed by atoms with Gasteiger partial charge in [-0.2, -0.15) is 0 Å². The van der Waals surface area contributed by atoms with Crippen molar-refractivity contribution in [2.75, 3.05) is 12.4 Å². The molecule has 5 heteroatoms. The molecule has 0 spiro atoms. The number of nitrogens with zero attached hydrogens (tertiary/aromatic N) is 1. The molecule has 0 radical (unpaired) electrons. The third-order valence-electron chi connectivity index (χ3n) is 2.18. The van der Waals surface area contributed by atoms with Gasteiger partial charge in [-0.1, -0.05) is 12.1 Å². The number of hydrogen-bond donors (Lipinski definition) is 1. The Morgan fingerprint density at radius 1 is 1.41 bits per heavy atom. The van der Waals surface area contributed by atoms with E-state index in [-0.39, 0.29) is 5.91 Å². The van der Waals surface area contributed by atoms with E-state index in [9.17, 15) is 4.79 Å². The Kier molecular flexibility index (Phi) is 3.85. The number of aromatic nitrogens is 1. The lowest BCUT2D eigenvalue weighted by Gasteiger charge is -2.03. The molecular weight excluding hydrogens is 236 g/mol. The van der Waals surface area contributed by atoms with Crippen molar-refractivity contribution in [3.8, 4) is 0 Å². The van der Waals surface area contributed by atoms with Crippen LogP contribution in [0, 0.1) is 0 Å². The zero-order chi connectivity index (χ0) is 12.1. The Bertz CT molecular complexity index is 480. The van der Waals surface area contributed by atoms with E-state index in [2.05, 4.69) is 10.3 Å². The SMILES string of the molecule is COCc1ccc(C(=O)Nc2nccs2)cc1. The molecule has 0 aliphatic carbocycles. The van der Waals surface area contributed by atoms with Crippen LogP contribution in [0.15, 0.2) is 35.8 Å². The number of benzene rings is 1. The molecule has 2 aromatic rings. The Morgan fingerprint density at radius 2 is 2.18 bits per heavy atom. The summed E-state index contributed by atoms with van der Waals surface area (Å²) < 4.78 is 5.00. The molecule has 0 fully saturated rings. The number of anilines is 1. The number of nitrogens with one attached hydrogen (secondary N) is 1. The number of thiazole rings is 1. The van der Waals surface area contributed by atoms with Crippen LogP contribution in [0.25, 0.3) is 0 Å². The van der Waals surface area contributed by atoms with Gasteiger partial charge in [0.2, 0.25) is 0 Å². The predicted molar refractivity (Wildman–Crippen MR) is 67.2 cm³/mol. The Hall–Kier alpha value is -1.72. The van der Waals surface area contributed by atoms with Crippen LogP contribution in [0.5, 0.6) is 0 Å². The van der Waals surface area contributed by atoms with E-state index >= 15 is 0 Å². The molecule has 0 saturated heterocycles. The molecule has 0 bridgehead atoms. The second-order valence-corrected chi connectivity index (χ2v) is 4.32. The van der Waals surface area contributed by atoms with E-state index in [0.717, 1.165) is 5.56 Å². The minimum absolute atomic E-state index is 0.149. The van der Waals surface area contributed by atoms with Crippen LogP contribution in [0.1, 0.15) is 15.9 Å². The molecule has 0 aliphatic heterocycles. The Morgan fingerprint density at radius 3 is 2.76 bits per heavy atom. The number of methoxy groups -OCH3 is 1. The highest BCUT2D eigenvalue weighted by atomic mass is 32.1. The molecule has 4 nitrogen and oxygen atoms in total. The summed E-state index contributed by atoms with van der Waals surface area (Å²) in [6, 6.07) is 7.30. The quantitative estimate of drug-likeness (QED) is 0.904. The van der Waals surface area contributed by atoms with Crippen LogP contribution in [0.2, 0.25) is 0 Å². The molecule has 2 rings (SSSR count). The maximum absolute atomic E-state index is 11.8. The van der Waals surface area contributed by atoms with Gasteiger partial charge in [-0.05, 0) is 17.7 Å². The molecule has 1 aromatic heterocycles. The summed E-state index contributed by atoms with van der Waals surface area (Å²) >= 11 is 1.39. The van der Waals surface area contributed by atoms with Crippen LogP contribution in [0.4, 0.5) is 5.13 Å². The fourth-order valence-corrected chi connectivity index (χ4v) is 1.90. The first-order chi connectivity index (χ1) is 8.29. The summed E-state index contributed by atoms with van der Waals surface area (Å²) in [6.45, 7) is 0.550. The highest BCUT2D eigenvalue weighted by Crippen LogP contribution is 2.13. The molecule has 0 unspecified atom stereocenters. The second-order valence-electron chi connectivity index (χ2n) is 3.42. The molecule has 17 heavy (non-hydrogen) atoms. The zero-order valence-corrected chi connectivity index (χ0v) is 10.2. The van der Waals surface area contributed by atoms with Crippen LogP contribution < -0.4 is 5.32 Å². The topological polar surface area (TPSA) is 51.2 Å². The lowest BCUT2D eigenvalue weighted by Crippen LogP contribution is -2.11. The summed E-state index contributed by atoms with van der Waals surface area (Å²) in [6.07, 6.45) is 1.65. The summed E-state index contributed by atoms with van der Waals surface area (Å²) in [4.78, 5) is 15.8. The summed E-state index contributed by atoms with van der Waals surface area (Å²) in [7, 11) is 1.64. The maximum atomic E-state index is 11.8. The largest absolute Gasteiger partial charge is 0.380 e. The van der Waals surface area contributed by atoms with Crippen LogP contribution in [-0.2, 0) is 11.3 Å². The molecule has 0 atom stereocenters. The molecule has 1 amide bonds. The Labute approximate surface area is 103 Å². The smallest absolute Gasteiger partial charge is 0.257 e. The van der Waals surface area contributed by atoms with E-state index in [1.807, 2.05) is 17.5 Å². The van der Waals surface area contributed by atoms with E-state index in [1.54, 1.807) is 25.4 Å². The first kappa shape index (κ1) is 11.8. The highest BCUT2D eigenvalue weighted by molar-refractivity contribution is 7.13. The third kappa shape index (κ3) is 3.12. The van der Waals surface area contributed by atoms with Gasteiger partial charge in [0.1, 0.15) is 0 Å². The number of carbonyl (C=O) groups is 1. The minimum Gasteiger partial charge on any atom is -0.380 e. The summed E-state index contributed by atoms with van der Waals surface area (Å²) in [5.41, 5.74) is 1.65. The van der Waals surface area contributed by atoms with Crippen LogP contribution >= 0.6 is 11.3 Å². The highest BCUT2D eigenvalue weighted by Gasteiger charge is 2.06. The fraction of sp³-hybridized carbons (Fsp3) is 0.167. The van der Waals surface area contributed by atoms with Crippen molar-refractivity contribution < 1.29 is 9.53 Å². The van der Waals surface area contributed by atoms with Gasteiger partial charge >= 0.3 is 0 Å². The molecule has 0 saturated carbocycles. The van der Waals surface area contributed by atoms with Gasteiger partial charge in [0, 0.05) is 24.3 Å². The monoisotopic (exact) mass is 248 g/mol. The number of ether oxygens (including phenoxy) is 1. The van der Waals surface area contributed by atoms with Crippen molar-refractivity contribution in [3.05, 3.63) is 47.0 Å². The zero-order valence-electron chi connectivity index (χ0n) is 9.34. The molecular formula is C12H12N2O2S. The average molecular weight is 248 g/mol. The summed E-state index contributed by atoms with van der Waals surface area (Å²) in [5, 5.41) is 5.15. The lowest BCUT2D eigenvalue weighted by molar-refractivity contribution is 0.102. The molecule has 1 heterocycles. The Balaban J connectivity index is 2.04. The van der Waals surface area contributed by atoms with Gasteiger partial charge in [0.05, 0.1) is 6.61 Å². The number of amides is 1. The maximum Gasteiger partial charge on any atom is 0.257 e. The van der Waals surface area contributed by atoms with Crippen molar-refractivity contribution in [2.45, 2.75) is 6.61 Å². The predicted octanol–water partition coefficient (Wildman–Crippen LogP) is 2.54. The summed E-state index contributed by atoms with van der Waals surface area (Å²) in [5.74, 6) is -0.149. The van der Waals surface area contributed by atoms with Gasteiger partial charge in [-0.25, -0.2) is 4.98 Å². The van der Waals surface area contributed by atoms with Crippen molar-refractivity contribution in [3.63, 3.8) is 0 Å². The van der Waals surface area contributed by atoms with E-state index in [1.165, 1.54) is 11.3 Å². The van der Waals surface area contributed by atoms with Crippen LogP contribution in [-0.4, -0.2) is 18.0 Å². The number of rotatable bonds is 4. The minimum atomic E-state index is -0.149. The second kappa shape index (κ2) is 5.56. The van der Waals surface area contributed by atoms with Gasteiger partial charge in [0.15, 0.2) is 5.13 Å². The molecule has 1 N–H and O–H groups in total. The van der Waals surface area contributed by atoms with E-state index < -0.39 is 0 Å².